The molecule has 0 radical (unpaired) electrons. The van der Waals surface area contributed by atoms with Crippen LogP contribution in [-0.2, 0) is 6.42 Å². The second-order valence-corrected chi connectivity index (χ2v) is 5.19. The molecule has 0 heterocycles. The molecular formula is C13H18BrNO2. The zero-order chi connectivity index (χ0) is 12.4. The third-order valence-electron chi connectivity index (χ3n) is 3.33. The van der Waals surface area contributed by atoms with Crippen molar-refractivity contribution >= 4 is 15.9 Å². The molecule has 0 bridgehead atoms. The molecule has 0 unspecified atom stereocenters. The molecule has 1 aromatic carbocycles. The van der Waals surface area contributed by atoms with E-state index in [1.807, 2.05) is 6.07 Å². The van der Waals surface area contributed by atoms with Crippen molar-refractivity contribution in [2.24, 2.45) is 5.73 Å². The number of fused-ring (bicyclic) bond motifs is 1. The standard InChI is InChI=1S/C13H18BrNO2/c1-16-11-7-9(14)8-5-3-4-6-10(15)12(8)13(11)17-2/h7,10H,3-6,15H2,1-2H3/t10-/m1/s1. The third kappa shape index (κ3) is 2.29. The minimum atomic E-state index is 0.0360. The second-order valence-electron chi connectivity index (χ2n) is 4.34. The van der Waals surface area contributed by atoms with Crippen LogP contribution in [0.5, 0.6) is 11.5 Å². The van der Waals surface area contributed by atoms with E-state index in [9.17, 15) is 0 Å². The Labute approximate surface area is 110 Å². The van der Waals surface area contributed by atoms with Crippen LogP contribution in [0, 0.1) is 0 Å². The van der Waals surface area contributed by atoms with Gasteiger partial charge in [-0.1, -0.05) is 22.4 Å². The first kappa shape index (κ1) is 12.7. The quantitative estimate of drug-likeness (QED) is 0.853. The highest BCUT2D eigenvalue weighted by molar-refractivity contribution is 9.10. The Kier molecular flexibility index (Phi) is 3.94. The fraction of sp³-hybridized carbons (Fsp3) is 0.538. The van der Waals surface area contributed by atoms with Crippen LogP contribution in [0.25, 0.3) is 0 Å². The van der Waals surface area contributed by atoms with Gasteiger partial charge in [-0.05, 0) is 30.9 Å². The number of benzene rings is 1. The van der Waals surface area contributed by atoms with Gasteiger partial charge in [-0.15, -0.1) is 0 Å². The molecule has 0 aromatic heterocycles. The molecule has 1 aliphatic rings. The minimum Gasteiger partial charge on any atom is -0.493 e. The summed E-state index contributed by atoms with van der Waals surface area (Å²) in [5.74, 6) is 1.54. The molecule has 0 saturated carbocycles. The van der Waals surface area contributed by atoms with Crippen LogP contribution in [0.3, 0.4) is 0 Å². The van der Waals surface area contributed by atoms with E-state index in [-0.39, 0.29) is 6.04 Å². The Morgan fingerprint density at radius 3 is 2.71 bits per heavy atom. The van der Waals surface area contributed by atoms with Crippen LogP contribution in [-0.4, -0.2) is 14.2 Å². The molecule has 0 aliphatic heterocycles. The third-order valence-corrected chi connectivity index (χ3v) is 4.03. The van der Waals surface area contributed by atoms with E-state index in [4.69, 9.17) is 15.2 Å². The van der Waals surface area contributed by atoms with E-state index in [0.717, 1.165) is 40.8 Å². The van der Waals surface area contributed by atoms with Crippen molar-refractivity contribution in [1.29, 1.82) is 0 Å². The van der Waals surface area contributed by atoms with Gasteiger partial charge in [-0.25, -0.2) is 0 Å². The van der Waals surface area contributed by atoms with Crippen molar-refractivity contribution in [3.8, 4) is 11.5 Å². The summed E-state index contributed by atoms with van der Waals surface area (Å²) < 4.78 is 11.9. The highest BCUT2D eigenvalue weighted by atomic mass is 79.9. The van der Waals surface area contributed by atoms with Crippen LogP contribution in [0.15, 0.2) is 10.5 Å². The second kappa shape index (κ2) is 5.27. The van der Waals surface area contributed by atoms with Crippen molar-refractivity contribution in [2.45, 2.75) is 31.7 Å². The number of halogens is 1. The fourth-order valence-corrected chi connectivity index (χ4v) is 3.10. The molecule has 1 atom stereocenters. The van der Waals surface area contributed by atoms with Crippen molar-refractivity contribution in [1.82, 2.24) is 0 Å². The minimum absolute atomic E-state index is 0.0360. The Hall–Kier alpha value is -0.740. The predicted octanol–water partition coefficient (Wildman–Crippen LogP) is 3.19. The number of ether oxygens (including phenoxy) is 2. The van der Waals surface area contributed by atoms with Crippen LogP contribution in [0.2, 0.25) is 0 Å². The largest absolute Gasteiger partial charge is 0.493 e. The highest BCUT2D eigenvalue weighted by Gasteiger charge is 2.24. The Morgan fingerprint density at radius 1 is 1.29 bits per heavy atom. The first-order valence-corrected chi connectivity index (χ1v) is 6.67. The van der Waals surface area contributed by atoms with E-state index in [0.29, 0.717) is 0 Å². The molecule has 2 rings (SSSR count). The fourth-order valence-electron chi connectivity index (χ4n) is 2.48. The summed E-state index contributed by atoms with van der Waals surface area (Å²) in [6, 6.07) is 2.00. The highest BCUT2D eigenvalue weighted by Crippen LogP contribution is 2.43. The van der Waals surface area contributed by atoms with E-state index in [2.05, 4.69) is 15.9 Å². The number of methoxy groups -OCH3 is 2. The number of rotatable bonds is 2. The zero-order valence-electron chi connectivity index (χ0n) is 10.3. The van der Waals surface area contributed by atoms with Gasteiger partial charge in [0.2, 0.25) is 0 Å². The van der Waals surface area contributed by atoms with E-state index in [1.54, 1.807) is 14.2 Å². The Balaban J connectivity index is 2.64. The molecule has 0 spiro atoms. The molecule has 4 heteroatoms. The van der Waals surface area contributed by atoms with Crippen LogP contribution < -0.4 is 15.2 Å². The maximum atomic E-state index is 6.26. The van der Waals surface area contributed by atoms with Gasteiger partial charge in [0.05, 0.1) is 14.2 Å². The molecule has 0 saturated heterocycles. The molecule has 1 aliphatic carbocycles. The summed E-state index contributed by atoms with van der Waals surface area (Å²) in [4.78, 5) is 0. The van der Waals surface area contributed by atoms with Crippen LogP contribution in [0.4, 0.5) is 0 Å². The molecule has 1 aromatic rings. The van der Waals surface area contributed by atoms with Gasteiger partial charge < -0.3 is 15.2 Å². The topological polar surface area (TPSA) is 44.5 Å². The lowest BCUT2D eigenvalue weighted by molar-refractivity contribution is 0.348. The van der Waals surface area contributed by atoms with Crippen LogP contribution >= 0.6 is 15.9 Å². The first-order valence-electron chi connectivity index (χ1n) is 5.87. The average molecular weight is 300 g/mol. The van der Waals surface area contributed by atoms with Gasteiger partial charge in [0.15, 0.2) is 11.5 Å². The number of nitrogens with two attached hydrogens (primary N) is 1. The summed E-state index contributed by atoms with van der Waals surface area (Å²) in [6.07, 6.45) is 4.38. The molecule has 94 valence electrons. The van der Waals surface area contributed by atoms with Crippen molar-refractivity contribution in [3.05, 3.63) is 21.7 Å². The monoisotopic (exact) mass is 299 g/mol. The molecule has 0 amide bonds. The SMILES string of the molecule is COc1cc(Br)c2c(c1OC)[C@H](N)CCCC2. The Morgan fingerprint density at radius 2 is 2.06 bits per heavy atom. The smallest absolute Gasteiger partial charge is 0.165 e. The predicted molar refractivity (Wildman–Crippen MR) is 71.7 cm³/mol. The average Bonchev–Trinajstić information content (AvgIpc) is 2.52. The van der Waals surface area contributed by atoms with Gasteiger partial charge in [0.1, 0.15) is 0 Å². The summed E-state index contributed by atoms with van der Waals surface area (Å²) in [6.45, 7) is 0. The summed E-state index contributed by atoms with van der Waals surface area (Å²) in [5.41, 5.74) is 8.64. The van der Waals surface area contributed by atoms with E-state index in [1.165, 1.54) is 12.0 Å². The van der Waals surface area contributed by atoms with Gasteiger partial charge in [-0.3, -0.25) is 0 Å². The zero-order valence-corrected chi connectivity index (χ0v) is 11.8. The lowest BCUT2D eigenvalue weighted by atomic mass is 9.98. The summed E-state index contributed by atoms with van der Waals surface area (Å²) in [5, 5.41) is 0. The van der Waals surface area contributed by atoms with Gasteiger partial charge in [0, 0.05) is 16.1 Å². The van der Waals surface area contributed by atoms with E-state index < -0.39 is 0 Å². The number of hydrogen-bond donors (Lipinski definition) is 1. The van der Waals surface area contributed by atoms with Crippen molar-refractivity contribution in [2.75, 3.05) is 14.2 Å². The van der Waals surface area contributed by atoms with Gasteiger partial charge >= 0.3 is 0 Å². The number of hydrogen-bond acceptors (Lipinski definition) is 3. The van der Waals surface area contributed by atoms with Crippen LogP contribution in [0.1, 0.15) is 36.4 Å². The molecule has 0 fully saturated rings. The normalized spacial score (nSPS) is 19.4. The maximum Gasteiger partial charge on any atom is 0.165 e. The molecule has 2 N–H and O–H groups in total. The summed E-state index contributed by atoms with van der Waals surface area (Å²) >= 11 is 3.61. The van der Waals surface area contributed by atoms with Gasteiger partial charge in [-0.2, -0.15) is 0 Å². The summed E-state index contributed by atoms with van der Waals surface area (Å²) in [7, 11) is 3.32. The van der Waals surface area contributed by atoms with Gasteiger partial charge in [0.25, 0.3) is 0 Å². The van der Waals surface area contributed by atoms with Crippen molar-refractivity contribution < 1.29 is 9.47 Å². The molecule has 17 heavy (non-hydrogen) atoms. The maximum absolute atomic E-state index is 6.26. The first-order chi connectivity index (χ1) is 8.19. The lowest BCUT2D eigenvalue weighted by Gasteiger charge is -2.20. The van der Waals surface area contributed by atoms with E-state index >= 15 is 0 Å². The molecular weight excluding hydrogens is 282 g/mol. The lowest BCUT2D eigenvalue weighted by Crippen LogP contribution is -2.13. The Bertz CT molecular complexity index is 420. The van der Waals surface area contributed by atoms with Crippen molar-refractivity contribution in [3.63, 3.8) is 0 Å². The molecule has 3 nitrogen and oxygen atoms in total.